The van der Waals surface area contributed by atoms with Gasteiger partial charge >= 0.3 is 5.97 Å². The molecule has 1 aromatic carbocycles. The minimum Gasteiger partial charge on any atom is -0.497 e. The van der Waals surface area contributed by atoms with Gasteiger partial charge in [0.2, 0.25) is 0 Å². The number of esters is 1. The van der Waals surface area contributed by atoms with Gasteiger partial charge in [-0.1, -0.05) is 13.3 Å². The van der Waals surface area contributed by atoms with E-state index in [2.05, 4.69) is 6.92 Å². The lowest BCUT2D eigenvalue weighted by molar-refractivity contribution is 0.0595. The fourth-order valence-electron chi connectivity index (χ4n) is 4.15. The first-order valence-electron chi connectivity index (χ1n) is 7.94. The van der Waals surface area contributed by atoms with E-state index in [0.717, 1.165) is 17.2 Å². The molecule has 2 fully saturated rings. The Hall–Kier alpha value is -1.71. The van der Waals surface area contributed by atoms with Crippen LogP contribution in [0, 0.1) is 17.8 Å². The largest absolute Gasteiger partial charge is 0.497 e. The Bertz CT molecular complexity index is 581. The Morgan fingerprint density at radius 1 is 1.09 bits per heavy atom. The van der Waals surface area contributed by atoms with Crippen LogP contribution in [-0.2, 0) is 4.74 Å². The molecule has 0 spiro atoms. The van der Waals surface area contributed by atoms with Crippen molar-refractivity contribution in [3.8, 4) is 11.5 Å². The molecule has 1 aromatic rings. The van der Waals surface area contributed by atoms with Crippen molar-refractivity contribution in [1.29, 1.82) is 0 Å². The quantitative estimate of drug-likeness (QED) is 0.797. The molecule has 0 bridgehead atoms. The summed E-state index contributed by atoms with van der Waals surface area (Å²) in [4.78, 5) is 12.3. The average Bonchev–Trinajstić information content (AvgIpc) is 3.25. The van der Waals surface area contributed by atoms with Crippen molar-refractivity contribution >= 4 is 5.97 Å². The Balaban J connectivity index is 2.03. The van der Waals surface area contributed by atoms with Gasteiger partial charge in [-0.3, -0.25) is 0 Å². The van der Waals surface area contributed by atoms with Crippen molar-refractivity contribution in [3.05, 3.63) is 23.3 Å². The molecule has 0 aliphatic heterocycles. The number of benzene rings is 1. The molecule has 4 unspecified atom stereocenters. The van der Waals surface area contributed by atoms with Crippen LogP contribution in [0.1, 0.15) is 48.0 Å². The zero-order chi connectivity index (χ0) is 15.9. The van der Waals surface area contributed by atoms with Crippen molar-refractivity contribution in [2.24, 2.45) is 17.8 Å². The summed E-state index contributed by atoms with van der Waals surface area (Å²) in [6, 6.07) is 3.74. The Kier molecular flexibility index (Phi) is 4.02. The van der Waals surface area contributed by atoms with Crippen LogP contribution in [0.15, 0.2) is 12.1 Å². The predicted octanol–water partition coefficient (Wildman–Crippen LogP) is 3.64. The first-order valence-corrected chi connectivity index (χ1v) is 7.94. The maximum Gasteiger partial charge on any atom is 0.341 e. The minimum atomic E-state index is -0.328. The molecule has 0 N–H and O–H groups in total. The molecule has 3 rings (SSSR count). The second-order valence-electron chi connectivity index (χ2n) is 6.56. The van der Waals surface area contributed by atoms with Crippen LogP contribution in [0.2, 0.25) is 0 Å². The van der Waals surface area contributed by atoms with Crippen LogP contribution in [-0.4, -0.2) is 27.3 Å². The van der Waals surface area contributed by atoms with Gasteiger partial charge in [-0.2, -0.15) is 0 Å². The first kappa shape index (κ1) is 15.2. The lowest BCUT2D eigenvalue weighted by atomic mass is 9.91. The van der Waals surface area contributed by atoms with Crippen LogP contribution >= 0.6 is 0 Å². The SMILES string of the molecule is COC(=O)c1c(OC)cc(OC)cc1C1C2CCC(C)CC21. The predicted molar refractivity (Wildman–Crippen MR) is 83.6 cm³/mol. The van der Waals surface area contributed by atoms with Gasteiger partial charge in [0.05, 0.1) is 21.3 Å². The number of fused-ring (bicyclic) bond motifs is 1. The highest BCUT2D eigenvalue weighted by Crippen LogP contribution is 2.63. The lowest BCUT2D eigenvalue weighted by Crippen LogP contribution is -2.09. The summed E-state index contributed by atoms with van der Waals surface area (Å²) in [6.45, 7) is 2.32. The molecular weight excluding hydrogens is 280 g/mol. The standard InChI is InChI=1S/C18H24O4/c1-10-5-6-12-13(7-10)16(12)14-8-11(20-2)9-15(21-3)17(14)18(19)22-4/h8-10,12-13,16H,5-7H2,1-4H3. The van der Waals surface area contributed by atoms with Crippen LogP contribution in [0.5, 0.6) is 11.5 Å². The van der Waals surface area contributed by atoms with Crippen molar-refractivity contribution in [1.82, 2.24) is 0 Å². The second kappa shape index (κ2) is 5.82. The molecule has 2 saturated carbocycles. The summed E-state index contributed by atoms with van der Waals surface area (Å²) in [5.41, 5.74) is 1.60. The van der Waals surface area contributed by atoms with Gasteiger partial charge in [-0.05, 0) is 48.1 Å². The van der Waals surface area contributed by atoms with E-state index in [-0.39, 0.29) is 5.97 Å². The third kappa shape index (κ3) is 2.44. The minimum absolute atomic E-state index is 0.328. The molecule has 0 heterocycles. The Morgan fingerprint density at radius 3 is 2.45 bits per heavy atom. The van der Waals surface area contributed by atoms with E-state index in [4.69, 9.17) is 14.2 Å². The van der Waals surface area contributed by atoms with Gasteiger partial charge in [-0.15, -0.1) is 0 Å². The van der Waals surface area contributed by atoms with Gasteiger partial charge in [0.25, 0.3) is 0 Å². The number of carbonyl (C=O) groups excluding carboxylic acids is 1. The number of hydrogen-bond donors (Lipinski definition) is 0. The number of hydrogen-bond acceptors (Lipinski definition) is 4. The molecule has 0 radical (unpaired) electrons. The van der Waals surface area contributed by atoms with Crippen molar-refractivity contribution in [2.45, 2.75) is 32.1 Å². The van der Waals surface area contributed by atoms with Crippen molar-refractivity contribution < 1.29 is 19.0 Å². The van der Waals surface area contributed by atoms with Crippen molar-refractivity contribution in [3.63, 3.8) is 0 Å². The van der Waals surface area contributed by atoms with Gasteiger partial charge in [0.1, 0.15) is 17.1 Å². The van der Waals surface area contributed by atoms with E-state index >= 15 is 0 Å². The van der Waals surface area contributed by atoms with Crippen LogP contribution in [0.3, 0.4) is 0 Å². The van der Waals surface area contributed by atoms with E-state index in [1.807, 2.05) is 6.07 Å². The van der Waals surface area contributed by atoms with E-state index < -0.39 is 0 Å². The normalized spacial score (nSPS) is 29.5. The van der Waals surface area contributed by atoms with Crippen LogP contribution in [0.4, 0.5) is 0 Å². The molecule has 120 valence electrons. The summed E-state index contributed by atoms with van der Waals surface area (Å²) in [6.07, 6.45) is 3.78. The summed E-state index contributed by atoms with van der Waals surface area (Å²) < 4.78 is 15.8. The molecule has 4 atom stereocenters. The summed E-state index contributed by atoms with van der Waals surface area (Å²) >= 11 is 0. The zero-order valence-electron chi connectivity index (χ0n) is 13.7. The zero-order valence-corrected chi connectivity index (χ0v) is 13.7. The molecule has 2 aliphatic carbocycles. The van der Waals surface area contributed by atoms with E-state index in [9.17, 15) is 4.79 Å². The van der Waals surface area contributed by atoms with E-state index in [0.29, 0.717) is 29.1 Å². The molecule has 0 aromatic heterocycles. The highest BCUT2D eigenvalue weighted by molar-refractivity contribution is 5.95. The fraction of sp³-hybridized carbons (Fsp3) is 0.611. The molecular formula is C18H24O4. The number of rotatable bonds is 4. The maximum atomic E-state index is 12.3. The molecule has 2 aliphatic rings. The third-order valence-electron chi connectivity index (χ3n) is 5.31. The van der Waals surface area contributed by atoms with E-state index in [1.54, 1.807) is 20.3 Å². The summed E-state index contributed by atoms with van der Waals surface area (Å²) in [5.74, 6) is 3.53. The first-order chi connectivity index (χ1) is 10.6. The number of methoxy groups -OCH3 is 3. The molecule has 4 nitrogen and oxygen atoms in total. The molecule has 0 amide bonds. The third-order valence-corrected chi connectivity index (χ3v) is 5.31. The number of carbonyl (C=O) groups is 1. The van der Waals surface area contributed by atoms with Crippen LogP contribution < -0.4 is 9.47 Å². The molecule has 4 heteroatoms. The Morgan fingerprint density at radius 2 is 1.86 bits per heavy atom. The molecule has 22 heavy (non-hydrogen) atoms. The van der Waals surface area contributed by atoms with Gasteiger partial charge in [0, 0.05) is 6.07 Å². The van der Waals surface area contributed by atoms with E-state index in [1.165, 1.54) is 26.4 Å². The number of ether oxygens (including phenoxy) is 3. The average molecular weight is 304 g/mol. The topological polar surface area (TPSA) is 44.8 Å². The van der Waals surface area contributed by atoms with Crippen LogP contribution in [0.25, 0.3) is 0 Å². The maximum absolute atomic E-state index is 12.3. The monoisotopic (exact) mass is 304 g/mol. The second-order valence-corrected chi connectivity index (χ2v) is 6.56. The van der Waals surface area contributed by atoms with Gasteiger partial charge < -0.3 is 14.2 Å². The molecule has 0 saturated heterocycles. The summed E-state index contributed by atoms with van der Waals surface area (Å²) in [7, 11) is 4.63. The van der Waals surface area contributed by atoms with Crippen molar-refractivity contribution in [2.75, 3.05) is 21.3 Å². The van der Waals surface area contributed by atoms with Gasteiger partial charge in [0.15, 0.2) is 0 Å². The van der Waals surface area contributed by atoms with Gasteiger partial charge in [-0.25, -0.2) is 4.79 Å². The smallest absolute Gasteiger partial charge is 0.341 e. The highest BCUT2D eigenvalue weighted by Gasteiger charge is 2.54. The summed E-state index contributed by atoms with van der Waals surface area (Å²) in [5, 5.41) is 0. The Labute approximate surface area is 131 Å². The highest BCUT2D eigenvalue weighted by atomic mass is 16.5. The lowest BCUT2D eigenvalue weighted by Gasteiger charge is -2.15. The fourth-order valence-corrected chi connectivity index (χ4v) is 4.15.